The molecule has 1 aliphatic heterocycles. The summed E-state index contributed by atoms with van der Waals surface area (Å²) in [5, 5.41) is 12.1. The highest BCUT2D eigenvalue weighted by atomic mass is 16.7. The molecule has 1 amide bonds. The van der Waals surface area contributed by atoms with Gasteiger partial charge in [-0.15, -0.1) is 0 Å². The summed E-state index contributed by atoms with van der Waals surface area (Å²) in [5.41, 5.74) is 0.774. The fraction of sp³-hybridized carbons (Fsp3) is 0.474. The van der Waals surface area contributed by atoms with Gasteiger partial charge < -0.3 is 29.4 Å². The molecule has 0 aliphatic carbocycles. The number of benzene rings is 1. The van der Waals surface area contributed by atoms with Crippen LogP contribution in [0, 0.1) is 0 Å². The van der Waals surface area contributed by atoms with Crippen LogP contribution in [0.3, 0.4) is 0 Å². The molecule has 2 rings (SSSR count). The molecule has 0 spiro atoms. The van der Waals surface area contributed by atoms with E-state index in [9.17, 15) is 24.3 Å². The zero-order chi connectivity index (χ0) is 21.6. The average molecular weight is 409 g/mol. The molecule has 0 saturated carbocycles. The Morgan fingerprint density at radius 1 is 1.00 bits per heavy atom. The van der Waals surface area contributed by atoms with Crippen molar-refractivity contribution in [3.63, 3.8) is 0 Å². The van der Waals surface area contributed by atoms with Crippen molar-refractivity contribution in [2.24, 2.45) is 0 Å². The van der Waals surface area contributed by atoms with Crippen molar-refractivity contribution in [2.75, 3.05) is 0 Å². The van der Waals surface area contributed by atoms with Gasteiger partial charge in [-0.3, -0.25) is 14.4 Å². The van der Waals surface area contributed by atoms with Gasteiger partial charge in [-0.05, 0) is 5.56 Å². The number of carbonyl (C=O) groups is 4. The van der Waals surface area contributed by atoms with Gasteiger partial charge in [0.25, 0.3) is 0 Å². The van der Waals surface area contributed by atoms with Crippen LogP contribution < -0.4 is 5.32 Å². The van der Waals surface area contributed by atoms with E-state index in [0.717, 1.165) is 19.4 Å². The van der Waals surface area contributed by atoms with E-state index in [4.69, 9.17) is 18.9 Å². The van der Waals surface area contributed by atoms with Gasteiger partial charge in [0.1, 0.15) is 6.04 Å². The molecule has 1 aliphatic rings. The summed E-state index contributed by atoms with van der Waals surface area (Å²) in [5.74, 6) is -3.50. The Kier molecular flexibility index (Phi) is 7.68. The van der Waals surface area contributed by atoms with Gasteiger partial charge in [-0.2, -0.15) is 0 Å². The standard InChI is InChI=1S/C19H23NO9/c1-10(21)20-14-15(27-11(2)22)16(28-12(3)23)17(18(24)25)29-19(14)26-9-13-7-5-4-6-8-13/h4-8,14-17,19H,9H2,1-3H3,(H,20,21)(H,24,25)/t14-,15+,16-,17-,19+/m0/s1. The lowest BCUT2D eigenvalue weighted by molar-refractivity contribution is -0.273. The van der Waals surface area contributed by atoms with Crippen LogP contribution in [0.4, 0.5) is 0 Å². The van der Waals surface area contributed by atoms with Crippen LogP contribution in [-0.4, -0.2) is 59.6 Å². The third kappa shape index (κ3) is 6.26. The molecule has 5 atom stereocenters. The molecular weight excluding hydrogens is 386 g/mol. The molecule has 0 radical (unpaired) electrons. The van der Waals surface area contributed by atoms with Crippen molar-refractivity contribution in [3.8, 4) is 0 Å². The van der Waals surface area contributed by atoms with Gasteiger partial charge in [0.15, 0.2) is 24.6 Å². The second kappa shape index (κ2) is 9.99. The predicted molar refractivity (Wildman–Crippen MR) is 96.2 cm³/mol. The Hall–Kier alpha value is -2.98. The molecule has 1 aromatic rings. The van der Waals surface area contributed by atoms with Crippen LogP contribution in [0.1, 0.15) is 26.3 Å². The Labute approximate surface area is 167 Å². The first-order valence-corrected chi connectivity index (χ1v) is 8.84. The minimum atomic E-state index is -1.67. The van der Waals surface area contributed by atoms with Gasteiger partial charge in [-0.25, -0.2) is 4.79 Å². The minimum absolute atomic E-state index is 0.0406. The number of aliphatic carboxylic acids is 1. The highest BCUT2D eigenvalue weighted by Gasteiger charge is 2.53. The Morgan fingerprint density at radius 2 is 1.59 bits per heavy atom. The van der Waals surface area contributed by atoms with Gasteiger partial charge >= 0.3 is 17.9 Å². The van der Waals surface area contributed by atoms with E-state index >= 15 is 0 Å². The highest BCUT2D eigenvalue weighted by molar-refractivity contribution is 5.76. The zero-order valence-corrected chi connectivity index (χ0v) is 16.2. The normalized spacial score (nSPS) is 26.2. The number of amides is 1. The summed E-state index contributed by atoms with van der Waals surface area (Å²) >= 11 is 0. The molecule has 0 aromatic heterocycles. The average Bonchev–Trinajstić information content (AvgIpc) is 2.63. The Bertz CT molecular complexity index is 751. The molecule has 158 valence electrons. The molecule has 10 heteroatoms. The number of hydrogen-bond donors (Lipinski definition) is 2. The molecule has 10 nitrogen and oxygen atoms in total. The van der Waals surface area contributed by atoms with Crippen LogP contribution in [0.5, 0.6) is 0 Å². The monoisotopic (exact) mass is 409 g/mol. The summed E-state index contributed by atoms with van der Waals surface area (Å²) in [6, 6.07) is 7.88. The van der Waals surface area contributed by atoms with Gasteiger partial charge in [0.05, 0.1) is 6.61 Å². The van der Waals surface area contributed by atoms with Crippen LogP contribution in [0.2, 0.25) is 0 Å². The van der Waals surface area contributed by atoms with Crippen LogP contribution in [-0.2, 0) is 44.7 Å². The van der Waals surface area contributed by atoms with E-state index in [1.165, 1.54) is 6.92 Å². The fourth-order valence-electron chi connectivity index (χ4n) is 2.97. The fourth-order valence-corrected chi connectivity index (χ4v) is 2.97. The van der Waals surface area contributed by atoms with Crippen LogP contribution in [0.15, 0.2) is 30.3 Å². The second-order valence-electron chi connectivity index (χ2n) is 6.43. The number of hydrogen-bond acceptors (Lipinski definition) is 8. The van der Waals surface area contributed by atoms with Gasteiger partial charge in [0.2, 0.25) is 5.91 Å². The molecular formula is C19H23NO9. The summed E-state index contributed by atoms with van der Waals surface area (Å²) in [6.07, 6.45) is -5.77. The molecule has 2 N–H and O–H groups in total. The van der Waals surface area contributed by atoms with Gasteiger partial charge in [-0.1, -0.05) is 30.3 Å². The first-order chi connectivity index (χ1) is 13.7. The third-order valence-corrected chi connectivity index (χ3v) is 4.02. The minimum Gasteiger partial charge on any atom is -0.479 e. The number of nitrogens with one attached hydrogen (secondary N) is 1. The summed E-state index contributed by atoms with van der Waals surface area (Å²) in [6.45, 7) is 3.46. The van der Waals surface area contributed by atoms with Gasteiger partial charge in [0, 0.05) is 20.8 Å². The molecule has 1 fully saturated rings. The number of carboxylic acids is 1. The molecule has 1 aromatic carbocycles. The smallest absolute Gasteiger partial charge is 0.337 e. The molecule has 1 heterocycles. The van der Waals surface area contributed by atoms with E-state index in [1.54, 1.807) is 24.3 Å². The van der Waals surface area contributed by atoms with E-state index < -0.39 is 54.5 Å². The maximum Gasteiger partial charge on any atom is 0.337 e. The van der Waals surface area contributed by atoms with Crippen molar-refractivity contribution in [1.29, 1.82) is 0 Å². The maximum atomic E-state index is 11.7. The van der Waals surface area contributed by atoms with E-state index in [0.29, 0.717) is 0 Å². The largest absolute Gasteiger partial charge is 0.479 e. The second-order valence-corrected chi connectivity index (χ2v) is 6.43. The summed E-state index contributed by atoms with van der Waals surface area (Å²) < 4.78 is 21.5. The first-order valence-electron chi connectivity index (χ1n) is 8.84. The van der Waals surface area contributed by atoms with Crippen LogP contribution in [0.25, 0.3) is 0 Å². The van der Waals surface area contributed by atoms with Crippen molar-refractivity contribution in [1.82, 2.24) is 5.32 Å². The third-order valence-electron chi connectivity index (χ3n) is 4.02. The topological polar surface area (TPSA) is 137 Å². The van der Waals surface area contributed by atoms with E-state index in [1.807, 2.05) is 6.07 Å². The lowest BCUT2D eigenvalue weighted by atomic mass is 9.95. The number of rotatable bonds is 7. The number of ether oxygens (including phenoxy) is 4. The molecule has 0 bridgehead atoms. The highest BCUT2D eigenvalue weighted by Crippen LogP contribution is 2.28. The predicted octanol–water partition coefficient (Wildman–Crippen LogP) is 0.381. The zero-order valence-electron chi connectivity index (χ0n) is 16.2. The Morgan fingerprint density at radius 3 is 2.10 bits per heavy atom. The maximum absolute atomic E-state index is 11.7. The van der Waals surface area contributed by atoms with E-state index in [-0.39, 0.29) is 6.61 Å². The first kappa shape index (κ1) is 22.3. The van der Waals surface area contributed by atoms with Crippen molar-refractivity contribution in [3.05, 3.63) is 35.9 Å². The molecule has 29 heavy (non-hydrogen) atoms. The van der Waals surface area contributed by atoms with E-state index in [2.05, 4.69) is 5.32 Å². The summed E-state index contributed by atoms with van der Waals surface area (Å²) in [7, 11) is 0. The quantitative estimate of drug-likeness (QED) is 0.612. The van der Waals surface area contributed by atoms with Crippen LogP contribution >= 0.6 is 0 Å². The lowest BCUT2D eigenvalue weighted by Crippen LogP contribution is -2.67. The molecule has 1 saturated heterocycles. The summed E-state index contributed by atoms with van der Waals surface area (Å²) in [4.78, 5) is 46.6. The SMILES string of the molecule is CC(=O)N[C@@H]1[C@H](OCc2ccccc2)O[C@H](C(=O)O)[C@@H](OC(C)=O)[C@@H]1OC(C)=O. The number of carbonyl (C=O) groups excluding carboxylic acids is 3. The molecule has 0 unspecified atom stereocenters. The van der Waals surface area contributed by atoms with Crippen molar-refractivity contribution in [2.45, 2.75) is 58.0 Å². The van der Waals surface area contributed by atoms with Crippen molar-refractivity contribution >= 4 is 23.8 Å². The Balaban J connectivity index is 2.36. The lowest BCUT2D eigenvalue weighted by Gasteiger charge is -2.43. The van der Waals surface area contributed by atoms with Crippen molar-refractivity contribution < 1.29 is 43.2 Å². The number of carboxylic acid groups (broad SMARTS) is 1. The number of esters is 2.